The minimum absolute atomic E-state index is 0.0336. The van der Waals surface area contributed by atoms with Crippen LogP contribution in [0.1, 0.15) is 22.7 Å². The second-order valence-corrected chi connectivity index (χ2v) is 6.71. The van der Waals surface area contributed by atoms with Crippen LogP contribution in [-0.4, -0.2) is 48.3 Å². The zero-order valence-electron chi connectivity index (χ0n) is 15.5. The molecule has 2 aromatic heterocycles. The Morgan fingerprint density at radius 3 is 2.70 bits per heavy atom. The van der Waals surface area contributed by atoms with Gasteiger partial charge in [0.15, 0.2) is 5.58 Å². The van der Waals surface area contributed by atoms with Gasteiger partial charge in [0, 0.05) is 31.8 Å². The zero-order chi connectivity index (χ0) is 18.6. The maximum absolute atomic E-state index is 13.0. The van der Waals surface area contributed by atoms with Crippen LogP contribution in [0.2, 0.25) is 0 Å². The number of aromatic nitrogens is 1. The molecule has 3 aromatic rings. The van der Waals surface area contributed by atoms with Crippen LogP contribution in [0, 0.1) is 6.92 Å². The molecular formula is C21H24N2O4. The van der Waals surface area contributed by atoms with E-state index < -0.39 is 0 Å². The molecule has 6 heteroatoms. The van der Waals surface area contributed by atoms with E-state index in [9.17, 15) is 4.79 Å². The number of rotatable bonds is 6. The van der Waals surface area contributed by atoms with Crippen LogP contribution in [0.25, 0.3) is 11.1 Å². The van der Waals surface area contributed by atoms with Crippen molar-refractivity contribution in [2.45, 2.75) is 19.9 Å². The van der Waals surface area contributed by atoms with Crippen LogP contribution >= 0.6 is 0 Å². The van der Waals surface area contributed by atoms with Gasteiger partial charge >= 0.3 is 0 Å². The van der Waals surface area contributed by atoms with Crippen molar-refractivity contribution in [3.8, 4) is 5.75 Å². The Morgan fingerprint density at radius 1 is 1.15 bits per heavy atom. The monoisotopic (exact) mass is 368 g/mol. The van der Waals surface area contributed by atoms with E-state index in [0.717, 1.165) is 29.0 Å². The summed E-state index contributed by atoms with van der Waals surface area (Å²) in [5, 5.41) is 0. The third-order valence-corrected chi connectivity index (χ3v) is 4.77. The molecule has 0 bridgehead atoms. The molecule has 0 saturated carbocycles. The molecule has 0 spiro atoms. The molecule has 1 aliphatic heterocycles. The van der Waals surface area contributed by atoms with Crippen LogP contribution in [0.5, 0.6) is 5.75 Å². The molecule has 0 aliphatic carbocycles. The lowest BCUT2D eigenvalue weighted by molar-refractivity contribution is 0.0296. The van der Waals surface area contributed by atoms with Gasteiger partial charge in [-0.05, 0) is 25.5 Å². The number of aryl methyl sites for hydroxylation is 2. The van der Waals surface area contributed by atoms with E-state index in [1.54, 1.807) is 0 Å². The normalized spacial score (nSPS) is 14.6. The highest BCUT2D eigenvalue weighted by molar-refractivity contribution is 5.97. The number of para-hydroxylation sites is 1. The number of nitrogens with zero attached hydrogens (tertiary/aromatic N) is 2. The number of ether oxygens (including phenoxy) is 2. The molecule has 3 heterocycles. The summed E-state index contributed by atoms with van der Waals surface area (Å²) in [6.07, 6.45) is 0.798. The summed E-state index contributed by atoms with van der Waals surface area (Å²) in [5.41, 5.74) is 2.39. The Labute approximate surface area is 158 Å². The van der Waals surface area contributed by atoms with Gasteiger partial charge in [-0.3, -0.25) is 4.79 Å². The molecule has 0 N–H and O–H groups in total. The summed E-state index contributed by atoms with van der Waals surface area (Å²) in [6.45, 7) is 5.64. The van der Waals surface area contributed by atoms with Crippen molar-refractivity contribution in [2.24, 2.45) is 0 Å². The van der Waals surface area contributed by atoms with E-state index in [4.69, 9.17) is 13.9 Å². The van der Waals surface area contributed by atoms with E-state index in [2.05, 4.69) is 4.57 Å². The van der Waals surface area contributed by atoms with Crippen LogP contribution < -0.4 is 4.74 Å². The summed E-state index contributed by atoms with van der Waals surface area (Å²) in [5.74, 6) is 1.74. The largest absolute Gasteiger partial charge is 0.494 e. The molecular weight excluding hydrogens is 344 g/mol. The summed E-state index contributed by atoms with van der Waals surface area (Å²) in [6, 6.07) is 13.6. The third-order valence-electron chi connectivity index (χ3n) is 4.77. The SMILES string of the molecule is Cc1cc2c(cc(C(=O)N3CCOCC3)n2CCCOc2ccccc2)o1. The Morgan fingerprint density at radius 2 is 1.93 bits per heavy atom. The topological polar surface area (TPSA) is 56.8 Å². The second-order valence-electron chi connectivity index (χ2n) is 6.71. The van der Waals surface area contributed by atoms with Gasteiger partial charge in [-0.2, -0.15) is 0 Å². The van der Waals surface area contributed by atoms with Gasteiger partial charge in [-0.25, -0.2) is 0 Å². The van der Waals surface area contributed by atoms with Crippen molar-refractivity contribution in [1.82, 2.24) is 9.47 Å². The highest BCUT2D eigenvalue weighted by atomic mass is 16.5. The molecule has 4 rings (SSSR count). The van der Waals surface area contributed by atoms with E-state index in [1.807, 2.05) is 54.3 Å². The summed E-state index contributed by atoms with van der Waals surface area (Å²) >= 11 is 0. The average Bonchev–Trinajstić information content (AvgIpc) is 3.22. The predicted molar refractivity (Wildman–Crippen MR) is 102 cm³/mol. The van der Waals surface area contributed by atoms with Crippen molar-refractivity contribution in [1.29, 1.82) is 0 Å². The van der Waals surface area contributed by atoms with E-state index in [1.165, 1.54) is 0 Å². The summed E-state index contributed by atoms with van der Waals surface area (Å²) in [7, 11) is 0. The summed E-state index contributed by atoms with van der Waals surface area (Å²) in [4.78, 5) is 14.9. The van der Waals surface area contributed by atoms with Crippen molar-refractivity contribution in [2.75, 3.05) is 32.9 Å². The van der Waals surface area contributed by atoms with Crippen LogP contribution in [-0.2, 0) is 11.3 Å². The van der Waals surface area contributed by atoms with Gasteiger partial charge in [0.05, 0.1) is 25.3 Å². The Balaban J connectivity index is 1.49. The number of carbonyl (C=O) groups is 1. The predicted octanol–water partition coefficient (Wildman–Crippen LogP) is 3.48. The van der Waals surface area contributed by atoms with Gasteiger partial charge in [-0.1, -0.05) is 18.2 Å². The third kappa shape index (κ3) is 3.85. The van der Waals surface area contributed by atoms with E-state index >= 15 is 0 Å². The lowest BCUT2D eigenvalue weighted by Crippen LogP contribution is -2.41. The fourth-order valence-electron chi connectivity index (χ4n) is 3.44. The molecule has 0 unspecified atom stereocenters. The first-order valence-electron chi connectivity index (χ1n) is 9.37. The number of hydrogen-bond donors (Lipinski definition) is 0. The molecule has 142 valence electrons. The zero-order valence-corrected chi connectivity index (χ0v) is 15.5. The van der Waals surface area contributed by atoms with E-state index in [0.29, 0.717) is 45.1 Å². The molecule has 6 nitrogen and oxygen atoms in total. The van der Waals surface area contributed by atoms with Crippen molar-refractivity contribution < 1.29 is 18.7 Å². The Bertz CT molecular complexity index is 907. The van der Waals surface area contributed by atoms with Crippen LogP contribution in [0.3, 0.4) is 0 Å². The number of hydrogen-bond acceptors (Lipinski definition) is 4. The summed E-state index contributed by atoms with van der Waals surface area (Å²) < 4.78 is 19.0. The Kier molecular flexibility index (Phi) is 5.16. The van der Waals surface area contributed by atoms with Crippen molar-refractivity contribution >= 4 is 17.0 Å². The number of furan rings is 1. The van der Waals surface area contributed by atoms with Crippen molar-refractivity contribution in [3.05, 3.63) is 53.9 Å². The molecule has 1 aliphatic rings. The fraction of sp³-hybridized carbons (Fsp3) is 0.381. The number of amides is 1. The first-order valence-corrected chi connectivity index (χ1v) is 9.37. The minimum Gasteiger partial charge on any atom is -0.494 e. The highest BCUT2D eigenvalue weighted by Crippen LogP contribution is 2.25. The smallest absolute Gasteiger partial charge is 0.270 e. The first kappa shape index (κ1) is 17.7. The van der Waals surface area contributed by atoms with Crippen molar-refractivity contribution in [3.63, 3.8) is 0 Å². The molecule has 0 radical (unpaired) electrons. The molecule has 1 fully saturated rings. The number of fused-ring (bicyclic) bond motifs is 1. The number of benzene rings is 1. The molecule has 0 atom stereocenters. The minimum atomic E-state index is 0.0336. The lowest BCUT2D eigenvalue weighted by atomic mass is 10.3. The average molecular weight is 368 g/mol. The molecule has 1 amide bonds. The molecule has 1 aromatic carbocycles. The van der Waals surface area contributed by atoms with Crippen LogP contribution in [0.15, 0.2) is 46.9 Å². The maximum atomic E-state index is 13.0. The second kappa shape index (κ2) is 7.88. The van der Waals surface area contributed by atoms with E-state index in [-0.39, 0.29) is 5.91 Å². The van der Waals surface area contributed by atoms with Gasteiger partial charge in [0.25, 0.3) is 5.91 Å². The van der Waals surface area contributed by atoms with Gasteiger partial charge in [0.1, 0.15) is 17.2 Å². The number of morpholine rings is 1. The first-order chi connectivity index (χ1) is 13.2. The van der Waals surface area contributed by atoms with Gasteiger partial charge in [-0.15, -0.1) is 0 Å². The fourth-order valence-corrected chi connectivity index (χ4v) is 3.44. The standard InChI is InChI=1S/C21H24N2O4/c1-16-14-18-20(27-16)15-19(21(24)22-9-12-25-13-10-22)23(18)8-5-11-26-17-6-3-2-4-7-17/h2-4,6-7,14-15H,5,8-13H2,1H3. The molecule has 27 heavy (non-hydrogen) atoms. The molecule has 1 saturated heterocycles. The van der Waals surface area contributed by atoms with Gasteiger partial charge in [0.2, 0.25) is 0 Å². The quantitative estimate of drug-likeness (QED) is 0.625. The maximum Gasteiger partial charge on any atom is 0.270 e. The van der Waals surface area contributed by atoms with Gasteiger partial charge < -0.3 is 23.4 Å². The highest BCUT2D eigenvalue weighted by Gasteiger charge is 2.24. The van der Waals surface area contributed by atoms with Crippen LogP contribution in [0.4, 0.5) is 0 Å². The Hall–Kier alpha value is -2.73. The number of carbonyl (C=O) groups excluding carboxylic acids is 1. The lowest BCUT2D eigenvalue weighted by Gasteiger charge is -2.27.